The Kier molecular flexibility index (Phi) is 7.59. The van der Waals surface area contributed by atoms with E-state index in [0.717, 1.165) is 14.5 Å². The Morgan fingerprint density at radius 1 is 1.15 bits per heavy atom. The number of fused-ring (bicyclic) bond motifs is 1. The van der Waals surface area contributed by atoms with Crippen LogP contribution in [0.25, 0.3) is 10.9 Å². The summed E-state index contributed by atoms with van der Waals surface area (Å²) in [7, 11) is 1.59. The zero-order valence-electron chi connectivity index (χ0n) is 18.0. The number of aromatic nitrogens is 1. The molecule has 0 saturated heterocycles. The number of thiophene rings is 1. The molecule has 4 aromatic rings. The number of nitriles is 1. The minimum Gasteiger partial charge on any atom is -0.490 e. The van der Waals surface area contributed by atoms with Crippen molar-refractivity contribution < 1.29 is 18.7 Å². The van der Waals surface area contributed by atoms with E-state index < -0.39 is 6.03 Å². The van der Waals surface area contributed by atoms with E-state index in [0.29, 0.717) is 40.7 Å². The highest BCUT2D eigenvalue weighted by Crippen LogP contribution is 2.39. The zero-order valence-corrected chi connectivity index (χ0v) is 19.6. The van der Waals surface area contributed by atoms with Crippen molar-refractivity contribution in [3.63, 3.8) is 0 Å². The summed E-state index contributed by atoms with van der Waals surface area (Å²) in [6.07, 6.45) is 1.71. The smallest absolute Gasteiger partial charge is 0.324 e. The van der Waals surface area contributed by atoms with Gasteiger partial charge in [0, 0.05) is 35.3 Å². The van der Waals surface area contributed by atoms with Gasteiger partial charge in [-0.05, 0) is 48.5 Å². The fourth-order valence-corrected chi connectivity index (χ4v) is 5.13. The van der Waals surface area contributed by atoms with Gasteiger partial charge in [-0.2, -0.15) is 5.26 Å². The van der Waals surface area contributed by atoms with Crippen LogP contribution in [0.1, 0.15) is 5.56 Å². The summed E-state index contributed by atoms with van der Waals surface area (Å²) >= 11 is 2.92. The third-order valence-electron chi connectivity index (χ3n) is 4.60. The lowest BCUT2D eigenvalue weighted by Gasteiger charge is -2.10. The summed E-state index contributed by atoms with van der Waals surface area (Å²) in [5, 5.41) is 16.5. The predicted molar refractivity (Wildman–Crippen MR) is 131 cm³/mol. The van der Waals surface area contributed by atoms with E-state index in [-0.39, 0.29) is 5.82 Å². The molecule has 2 N–H and O–H groups in total. The number of benzene rings is 2. The van der Waals surface area contributed by atoms with Crippen molar-refractivity contribution in [2.75, 3.05) is 31.0 Å². The van der Waals surface area contributed by atoms with Gasteiger partial charge in [-0.15, -0.1) is 11.3 Å². The van der Waals surface area contributed by atoms with Crippen molar-refractivity contribution in [2.24, 2.45) is 0 Å². The standard InChI is InChI=1S/C24H19FN4O3S2/c1-31-10-11-32-20-13-19-18(12-15(20)14-26)21(8-9-27-19)33-23-7-6-22(34-23)29-24(30)28-17-4-2-16(25)3-5-17/h2-9,12-13H,10-11H2,1H3,(H2,28,29,30). The molecule has 0 spiro atoms. The molecule has 7 nitrogen and oxygen atoms in total. The van der Waals surface area contributed by atoms with E-state index in [1.165, 1.54) is 47.4 Å². The van der Waals surface area contributed by atoms with Gasteiger partial charge in [0.05, 0.1) is 26.9 Å². The average Bonchev–Trinajstić information content (AvgIpc) is 3.27. The molecule has 0 saturated carbocycles. The molecule has 10 heteroatoms. The fourth-order valence-electron chi connectivity index (χ4n) is 3.04. The van der Waals surface area contributed by atoms with E-state index in [1.807, 2.05) is 18.2 Å². The molecule has 0 unspecified atom stereocenters. The van der Waals surface area contributed by atoms with Gasteiger partial charge in [0.2, 0.25) is 0 Å². The number of amides is 2. The number of rotatable bonds is 8. The van der Waals surface area contributed by atoms with Crippen molar-refractivity contribution in [3.05, 3.63) is 72.2 Å². The number of pyridine rings is 1. The summed E-state index contributed by atoms with van der Waals surface area (Å²) in [6, 6.07) is 16.4. The lowest BCUT2D eigenvalue weighted by Crippen LogP contribution is -2.18. The third kappa shape index (κ3) is 5.82. The van der Waals surface area contributed by atoms with Crippen LogP contribution in [0, 0.1) is 17.1 Å². The Balaban J connectivity index is 1.48. The molecule has 0 radical (unpaired) electrons. The summed E-state index contributed by atoms with van der Waals surface area (Å²) < 4.78 is 24.6. The lowest BCUT2D eigenvalue weighted by atomic mass is 10.1. The van der Waals surface area contributed by atoms with Gasteiger partial charge < -0.3 is 14.8 Å². The Hall–Kier alpha value is -3.65. The number of carbonyl (C=O) groups excluding carboxylic acids is 1. The minimum atomic E-state index is -0.418. The number of nitrogens with one attached hydrogen (secondary N) is 2. The molecule has 0 fully saturated rings. The van der Waals surface area contributed by atoms with Crippen LogP contribution in [-0.2, 0) is 4.74 Å². The van der Waals surface area contributed by atoms with Crippen molar-refractivity contribution in [1.29, 1.82) is 5.26 Å². The van der Waals surface area contributed by atoms with Crippen LogP contribution >= 0.6 is 23.1 Å². The molecule has 0 atom stereocenters. The van der Waals surface area contributed by atoms with Gasteiger partial charge in [0.1, 0.15) is 24.2 Å². The Morgan fingerprint density at radius 3 is 2.74 bits per heavy atom. The number of urea groups is 1. The van der Waals surface area contributed by atoms with Crippen LogP contribution in [0.3, 0.4) is 0 Å². The van der Waals surface area contributed by atoms with Crippen LogP contribution in [0.2, 0.25) is 0 Å². The maximum atomic E-state index is 13.0. The number of nitrogens with zero attached hydrogens (tertiary/aromatic N) is 2. The number of hydrogen-bond donors (Lipinski definition) is 2. The van der Waals surface area contributed by atoms with Crippen LogP contribution in [-0.4, -0.2) is 31.3 Å². The lowest BCUT2D eigenvalue weighted by molar-refractivity contribution is 0.146. The molecule has 2 aromatic heterocycles. The molecule has 0 aliphatic carbocycles. The van der Waals surface area contributed by atoms with Gasteiger partial charge in [-0.3, -0.25) is 10.3 Å². The Morgan fingerprint density at radius 2 is 1.97 bits per heavy atom. The summed E-state index contributed by atoms with van der Waals surface area (Å²) in [5.74, 6) is 0.0997. The topological polar surface area (TPSA) is 96.3 Å². The molecule has 2 heterocycles. The molecule has 2 aromatic carbocycles. The number of carbonyl (C=O) groups is 1. The van der Waals surface area contributed by atoms with E-state index in [2.05, 4.69) is 21.7 Å². The highest BCUT2D eigenvalue weighted by atomic mass is 32.2. The maximum Gasteiger partial charge on any atom is 0.324 e. The first-order valence-corrected chi connectivity index (χ1v) is 11.7. The quantitative estimate of drug-likeness (QED) is 0.286. The minimum absolute atomic E-state index is 0.338. The van der Waals surface area contributed by atoms with E-state index in [1.54, 1.807) is 25.4 Å². The molecule has 4 rings (SSSR count). The SMILES string of the molecule is COCCOc1cc2nccc(Sc3ccc(NC(=O)Nc4ccc(F)cc4)s3)c2cc1C#N. The maximum absolute atomic E-state index is 13.0. The number of ether oxygens (including phenoxy) is 2. The number of methoxy groups -OCH3 is 1. The number of anilines is 2. The van der Waals surface area contributed by atoms with Crippen LogP contribution < -0.4 is 15.4 Å². The highest BCUT2D eigenvalue weighted by molar-refractivity contribution is 8.01. The predicted octanol–water partition coefficient (Wildman–Crippen LogP) is 6.13. The van der Waals surface area contributed by atoms with Crippen LogP contribution in [0.15, 0.2) is 69.9 Å². The van der Waals surface area contributed by atoms with E-state index >= 15 is 0 Å². The summed E-state index contributed by atoms with van der Waals surface area (Å²) in [4.78, 5) is 17.6. The largest absolute Gasteiger partial charge is 0.490 e. The molecule has 0 aliphatic heterocycles. The van der Waals surface area contributed by atoms with Crippen molar-refractivity contribution >= 4 is 50.7 Å². The van der Waals surface area contributed by atoms with Crippen LogP contribution in [0.5, 0.6) is 5.75 Å². The fraction of sp³-hybridized carbons (Fsp3) is 0.125. The van der Waals surface area contributed by atoms with Crippen molar-refractivity contribution in [1.82, 2.24) is 4.98 Å². The molecule has 0 aliphatic rings. The summed E-state index contributed by atoms with van der Waals surface area (Å²) in [6.45, 7) is 0.758. The normalized spacial score (nSPS) is 10.6. The Bertz CT molecular complexity index is 1350. The number of halogens is 1. The number of hydrogen-bond acceptors (Lipinski definition) is 7. The molecular formula is C24H19FN4O3S2. The first-order chi connectivity index (χ1) is 16.6. The second-order valence-electron chi connectivity index (χ2n) is 6.93. The molecule has 34 heavy (non-hydrogen) atoms. The van der Waals surface area contributed by atoms with Gasteiger partial charge in [0.15, 0.2) is 0 Å². The first kappa shape index (κ1) is 23.5. The van der Waals surface area contributed by atoms with Gasteiger partial charge in [-0.1, -0.05) is 11.8 Å². The Labute approximate surface area is 203 Å². The van der Waals surface area contributed by atoms with E-state index in [9.17, 15) is 14.4 Å². The molecule has 0 bridgehead atoms. The van der Waals surface area contributed by atoms with Crippen molar-refractivity contribution in [3.8, 4) is 11.8 Å². The van der Waals surface area contributed by atoms with Gasteiger partial charge >= 0.3 is 6.03 Å². The average molecular weight is 495 g/mol. The second kappa shape index (κ2) is 11.0. The van der Waals surface area contributed by atoms with Crippen molar-refractivity contribution in [2.45, 2.75) is 9.10 Å². The molecular weight excluding hydrogens is 475 g/mol. The highest BCUT2D eigenvalue weighted by Gasteiger charge is 2.13. The molecule has 172 valence electrons. The molecule has 2 amide bonds. The van der Waals surface area contributed by atoms with Gasteiger partial charge in [-0.25, -0.2) is 9.18 Å². The first-order valence-electron chi connectivity index (χ1n) is 10.1. The van der Waals surface area contributed by atoms with E-state index in [4.69, 9.17) is 9.47 Å². The zero-order chi connectivity index (χ0) is 23.9. The van der Waals surface area contributed by atoms with Gasteiger partial charge in [0.25, 0.3) is 0 Å². The van der Waals surface area contributed by atoms with Crippen LogP contribution in [0.4, 0.5) is 19.9 Å². The monoisotopic (exact) mass is 494 g/mol. The second-order valence-corrected chi connectivity index (χ2v) is 9.36. The summed E-state index contributed by atoms with van der Waals surface area (Å²) in [5.41, 5.74) is 1.63. The third-order valence-corrected chi connectivity index (χ3v) is 6.81.